The van der Waals surface area contributed by atoms with Gasteiger partial charge in [0.05, 0.1) is 29.5 Å². The van der Waals surface area contributed by atoms with Gasteiger partial charge in [0.2, 0.25) is 0 Å². The molecule has 0 spiro atoms. The van der Waals surface area contributed by atoms with Crippen molar-refractivity contribution in [1.29, 1.82) is 0 Å². The fourth-order valence-electron chi connectivity index (χ4n) is 1.76. The lowest BCUT2D eigenvalue weighted by Crippen LogP contribution is -2.15. The van der Waals surface area contributed by atoms with Gasteiger partial charge in [-0.05, 0) is 25.0 Å². The van der Waals surface area contributed by atoms with Crippen LogP contribution in [0.2, 0.25) is 0 Å². The van der Waals surface area contributed by atoms with Gasteiger partial charge in [-0.1, -0.05) is 12.1 Å². The van der Waals surface area contributed by atoms with Gasteiger partial charge in [-0.3, -0.25) is 0 Å². The van der Waals surface area contributed by atoms with E-state index in [0.29, 0.717) is 6.54 Å². The van der Waals surface area contributed by atoms with Gasteiger partial charge in [-0.15, -0.1) is 0 Å². The predicted octanol–water partition coefficient (Wildman–Crippen LogP) is 1.56. The van der Waals surface area contributed by atoms with E-state index in [9.17, 15) is 5.11 Å². The van der Waals surface area contributed by atoms with E-state index in [-0.39, 0.29) is 0 Å². The molecule has 0 aliphatic heterocycles. The average Bonchev–Trinajstić information content (AvgIpc) is 2.77. The van der Waals surface area contributed by atoms with Crippen LogP contribution < -0.4 is 0 Å². The Morgan fingerprint density at radius 2 is 2.14 bits per heavy atom. The summed E-state index contributed by atoms with van der Waals surface area (Å²) in [5.41, 5.74) is 1.65. The van der Waals surface area contributed by atoms with Crippen LogP contribution in [-0.4, -0.2) is 20.3 Å². The first-order chi connectivity index (χ1) is 6.77. The molecule has 0 bridgehead atoms. The fraction of sp³-hybridized carbons (Fsp3) is 0.364. The number of para-hydroxylation sites is 2. The summed E-state index contributed by atoms with van der Waals surface area (Å²) in [5.74, 6) is 0. The molecule has 1 aromatic heterocycles. The van der Waals surface area contributed by atoms with Crippen LogP contribution >= 0.6 is 0 Å². The van der Waals surface area contributed by atoms with Crippen molar-refractivity contribution < 1.29 is 5.11 Å². The molecule has 1 heterocycles. The van der Waals surface area contributed by atoms with E-state index >= 15 is 0 Å². The monoisotopic (exact) mass is 188 g/mol. The molecule has 1 aliphatic rings. The zero-order chi connectivity index (χ0) is 9.60. The number of nitrogens with zero attached hydrogens (tertiary/aromatic N) is 2. The van der Waals surface area contributed by atoms with Gasteiger partial charge in [-0.2, -0.15) is 0 Å². The zero-order valence-corrected chi connectivity index (χ0v) is 7.85. The Morgan fingerprint density at radius 3 is 2.93 bits per heavy atom. The highest BCUT2D eigenvalue weighted by Gasteiger charge is 2.40. The summed E-state index contributed by atoms with van der Waals surface area (Å²) < 4.78 is 2.03. The third-order valence-corrected chi connectivity index (χ3v) is 2.82. The number of imidazole rings is 1. The lowest BCUT2D eigenvalue weighted by Gasteiger charge is -2.08. The highest BCUT2D eigenvalue weighted by atomic mass is 16.3. The molecule has 1 aromatic carbocycles. The van der Waals surface area contributed by atoms with Crippen molar-refractivity contribution in [3.8, 4) is 0 Å². The molecule has 0 radical (unpaired) electrons. The molecule has 0 saturated heterocycles. The lowest BCUT2D eigenvalue weighted by molar-refractivity contribution is 0.131. The Kier molecular flexibility index (Phi) is 1.47. The molecule has 14 heavy (non-hydrogen) atoms. The van der Waals surface area contributed by atoms with Crippen molar-refractivity contribution in [2.45, 2.75) is 25.0 Å². The topological polar surface area (TPSA) is 38.0 Å². The highest BCUT2D eigenvalue weighted by molar-refractivity contribution is 5.74. The van der Waals surface area contributed by atoms with Gasteiger partial charge < -0.3 is 9.67 Å². The summed E-state index contributed by atoms with van der Waals surface area (Å²) in [6, 6.07) is 8.00. The fourth-order valence-corrected chi connectivity index (χ4v) is 1.76. The van der Waals surface area contributed by atoms with E-state index in [2.05, 4.69) is 4.98 Å². The van der Waals surface area contributed by atoms with Gasteiger partial charge >= 0.3 is 0 Å². The minimum atomic E-state index is -0.455. The van der Waals surface area contributed by atoms with E-state index in [1.165, 1.54) is 0 Å². The maximum Gasteiger partial charge on any atom is 0.0959 e. The summed E-state index contributed by atoms with van der Waals surface area (Å²) in [7, 11) is 0. The molecule has 1 aliphatic carbocycles. The van der Waals surface area contributed by atoms with Crippen LogP contribution in [0.4, 0.5) is 0 Å². The van der Waals surface area contributed by atoms with Crippen LogP contribution in [0.15, 0.2) is 30.6 Å². The molecule has 3 heteroatoms. The molecule has 0 amide bonds. The second-order valence-corrected chi connectivity index (χ2v) is 4.09. The number of fused-ring (bicyclic) bond motifs is 1. The first-order valence-electron chi connectivity index (χ1n) is 4.89. The summed E-state index contributed by atoms with van der Waals surface area (Å²) in [4.78, 5) is 4.28. The van der Waals surface area contributed by atoms with Crippen LogP contribution in [0.1, 0.15) is 12.8 Å². The smallest absolute Gasteiger partial charge is 0.0959 e. The molecule has 1 N–H and O–H groups in total. The van der Waals surface area contributed by atoms with E-state index in [1.54, 1.807) is 6.33 Å². The third-order valence-electron chi connectivity index (χ3n) is 2.82. The molecule has 3 nitrogen and oxygen atoms in total. The molecular formula is C11H12N2O. The maximum absolute atomic E-state index is 9.81. The molecule has 72 valence electrons. The maximum atomic E-state index is 9.81. The quantitative estimate of drug-likeness (QED) is 0.776. The molecule has 1 fully saturated rings. The van der Waals surface area contributed by atoms with E-state index in [1.807, 2.05) is 28.8 Å². The lowest BCUT2D eigenvalue weighted by atomic mass is 10.3. The van der Waals surface area contributed by atoms with Crippen LogP contribution in [0, 0.1) is 0 Å². The summed E-state index contributed by atoms with van der Waals surface area (Å²) in [6.45, 7) is 0.674. The molecule has 1 saturated carbocycles. The number of aromatic nitrogens is 2. The summed E-state index contributed by atoms with van der Waals surface area (Å²) in [6.07, 6.45) is 3.64. The van der Waals surface area contributed by atoms with E-state index < -0.39 is 5.60 Å². The van der Waals surface area contributed by atoms with E-state index in [4.69, 9.17) is 0 Å². The Morgan fingerprint density at radius 1 is 1.36 bits per heavy atom. The van der Waals surface area contributed by atoms with Crippen LogP contribution in [-0.2, 0) is 6.54 Å². The van der Waals surface area contributed by atoms with Crippen molar-refractivity contribution >= 4 is 11.0 Å². The van der Waals surface area contributed by atoms with Crippen LogP contribution in [0.25, 0.3) is 11.0 Å². The standard InChI is InChI=1S/C11H12N2O/c14-11(5-6-11)7-13-8-12-9-3-1-2-4-10(9)13/h1-4,8,14H,5-7H2. The highest BCUT2D eigenvalue weighted by Crippen LogP contribution is 2.37. The second kappa shape index (κ2) is 2.58. The van der Waals surface area contributed by atoms with Crippen LogP contribution in [0.3, 0.4) is 0 Å². The van der Waals surface area contributed by atoms with Gasteiger partial charge in [0.25, 0.3) is 0 Å². The van der Waals surface area contributed by atoms with Gasteiger partial charge in [0.15, 0.2) is 0 Å². The minimum Gasteiger partial charge on any atom is -0.388 e. The normalized spacial score (nSPS) is 18.6. The largest absolute Gasteiger partial charge is 0.388 e. The van der Waals surface area contributed by atoms with Crippen molar-refractivity contribution in [3.63, 3.8) is 0 Å². The molecule has 3 rings (SSSR count). The minimum absolute atomic E-state index is 0.455. The Hall–Kier alpha value is -1.35. The third kappa shape index (κ3) is 1.21. The Labute approximate surface area is 82.0 Å². The SMILES string of the molecule is OC1(Cn2cnc3ccccc32)CC1. The van der Waals surface area contributed by atoms with Gasteiger partial charge in [-0.25, -0.2) is 4.98 Å². The van der Waals surface area contributed by atoms with Crippen molar-refractivity contribution in [2.75, 3.05) is 0 Å². The van der Waals surface area contributed by atoms with Crippen LogP contribution in [0.5, 0.6) is 0 Å². The molecule has 2 aromatic rings. The number of aliphatic hydroxyl groups is 1. The molecular weight excluding hydrogens is 176 g/mol. The number of hydrogen-bond donors (Lipinski definition) is 1. The zero-order valence-electron chi connectivity index (χ0n) is 7.85. The number of benzene rings is 1. The van der Waals surface area contributed by atoms with Gasteiger partial charge in [0.1, 0.15) is 0 Å². The molecule has 0 unspecified atom stereocenters. The number of hydrogen-bond acceptors (Lipinski definition) is 2. The van der Waals surface area contributed by atoms with E-state index in [0.717, 1.165) is 23.9 Å². The summed E-state index contributed by atoms with van der Waals surface area (Å²) in [5, 5.41) is 9.81. The Bertz CT molecular complexity index is 471. The Balaban J connectivity index is 2.04. The number of rotatable bonds is 2. The first-order valence-corrected chi connectivity index (χ1v) is 4.89. The molecule has 0 atom stereocenters. The van der Waals surface area contributed by atoms with Crippen molar-refractivity contribution in [1.82, 2.24) is 9.55 Å². The average molecular weight is 188 g/mol. The van der Waals surface area contributed by atoms with Gasteiger partial charge in [0, 0.05) is 0 Å². The van der Waals surface area contributed by atoms with Crippen molar-refractivity contribution in [3.05, 3.63) is 30.6 Å². The van der Waals surface area contributed by atoms with Crippen molar-refractivity contribution in [2.24, 2.45) is 0 Å². The summed E-state index contributed by atoms with van der Waals surface area (Å²) >= 11 is 0. The predicted molar refractivity (Wildman–Crippen MR) is 53.9 cm³/mol. The second-order valence-electron chi connectivity index (χ2n) is 4.09. The first kappa shape index (κ1) is 8.00.